The molecule has 0 aromatic heterocycles. The van der Waals surface area contributed by atoms with Crippen LogP contribution in [0.1, 0.15) is 6.92 Å². The van der Waals surface area contributed by atoms with E-state index < -0.39 is 0 Å². The van der Waals surface area contributed by atoms with E-state index in [1.807, 2.05) is 0 Å². The van der Waals surface area contributed by atoms with E-state index in [1.54, 1.807) is 0 Å². The highest BCUT2D eigenvalue weighted by atomic mass is 16.8. The normalized spacial score (nSPS) is 43.0. The molecule has 2 rings (SSSR count). The van der Waals surface area contributed by atoms with Crippen molar-refractivity contribution in [1.29, 1.82) is 0 Å². The van der Waals surface area contributed by atoms with Crippen LogP contribution < -0.4 is 0 Å². The molecule has 2 aliphatic rings. The van der Waals surface area contributed by atoms with Crippen LogP contribution in [0.5, 0.6) is 0 Å². The average Bonchev–Trinajstić information content (AvgIpc) is 2.70. The second kappa shape index (κ2) is 2.05. The van der Waals surface area contributed by atoms with Crippen LogP contribution in [0, 0.1) is 5.92 Å². The zero-order chi connectivity index (χ0) is 7.14. The number of aliphatic hydroxyl groups is 1. The summed E-state index contributed by atoms with van der Waals surface area (Å²) in [6.45, 7) is 1.87. The highest BCUT2D eigenvalue weighted by Gasteiger charge is 2.48. The lowest BCUT2D eigenvalue weighted by atomic mass is 10.2. The number of hydrogen-bond donors (Lipinski definition) is 1. The molecule has 0 aromatic carbocycles. The molecule has 1 N–H and O–H groups in total. The summed E-state index contributed by atoms with van der Waals surface area (Å²) in [5.74, 6) is 0.595. The third-order valence-corrected chi connectivity index (χ3v) is 1.88. The van der Waals surface area contributed by atoms with Gasteiger partial charge in [0.1, 0.15) is 12.9 Å². The SMILES string of the molecule is CC1C=C1C1OC1OCO. The average molecular weight is 142 g/mol. The highest BCUT2D eigenvalue weighted by Crippen LogP contribution is 2.42. The quantitative estimate of drug-likeness (QED) is 0.349. The Hall–Kier alpha value is -0.380. The fourth-order valence-corrected chi connectivity index (χ4v) is 1.13. The second-order valence-corrected chi connectivity index (χ2v) is 2.68. The van der Waals surface area contributed by atoms with E-state index in [2.05, 4.69) is 13.0 Å². The Morgan fingerprint density at radius 1 is 1.80 bits per heavy atom. The Labute approximate surface area is 59.2 Å². The van der Waals surface area contributed by atoms with Crippen molar-refractivity contribution in [2.75, 3.05) is 6.79 Å². The van der Waals surface area contributed by atoms with E-state index in [9.17, 15) is 0 Å². The molecule has 0 radical (unpaired) electrons. The summed E-state index contributed by atoms with van der Waals surface area (Å²) in [4.78, 5) is 0. The summed E-state index contributed by atoms with van der Waals surface area (Å²) in [5, 5.41) is 8.34. The minimum Gasteiger partial charge on any atom is -0.371 e. The van der Waals surface area contributed by atoms with Crippen LogP contribution in [0.25, 0.3) is 0 Å². The Balaban J connectivity index is 1.75. The molecule has 3 atom stereocenters. The minimum atomic E-state index is -0.247. The van der Waals surface area contributed by atoms with Gasteiger partial charge in [-0.2, -0.15) is 0 Å². The molecule has 56 valence electrons. The van der Waals surface area contributed by atoms with Gasteiger partial charge in [-0.1, -0.05) is 13.0 Å². The molecule has 1 aliphatic carbocycles. The van der Waals surface area contributed by atoms with Gasteiger partial charge >= 0.3 is 0 Å². The molecule has 1 saturated heterocycles. The molecule has 0 aromatic rings. The van der Waals surface area contributed by atoms with E-state index in [-0.39, 0.29) is 19.2 Å². The first-order valence-corrected chi connectivity index (χ1v) is 3.42. The maximum Gasteiger partial charge on any atom is 0.191 e. The van der Waals surface area contributed by atoms with Crippen LogP contribution in [0.15, 0.2) is 11.6 Å². The topological polar surface area (TPSA) is 42.0 Å². The minimum absolute atomic E-state index is 0.155. The molecule has 3 heteroatoms. The Morgan fingerprint density at radius 2 is 2.50 bits per heavy atom. The van der Waals surface area contributed by atoms with Crippen molar-refractivity contribution in [3.8, 4) is 0 Å². The van der Waals surface area contributed by atoms with Gasteiger partial charge in [-0.3, -0.25) is 0 Å². The molecule has 1 aliphatic heterocycles. The highest BCUT2D eigenvalue weighted by molar-refractivity contribution is 5.35. The fraction of sp³-hybridized carbons (Fsp3) is 0.714. The molecular formula is C7H10O3. The van der Waals surface area contributed by atoms with Crippen molar-refractivity contribution < 1.29 is 14.6 Å². The smallest absolute Gasteiger partial charge is 0.191 e. The maximum atomic E-state index is 8.34. The van der Waals surface area contributed by atoms with Gasteiger partial charge in [-0.15, -0.1) is 0 Å². The third-order valence-electron chi connectivity index (χ3n) is 1.88. The Morgan fingerprint density at radius 3 is 3.00 bits per heavy atom. The van der Waals surface area contributed by atoms with E-state index in [0.717, 1.165) is 0 Å². The molecule has 0 amide bonds. The van der Waals surface area contributed by atoms with Gasteiger partial charge in [0.2, 0.25) is 0 Å². The predicted octanol–water partition coefficient (Wildman–Crippen LogP) is 0.254. The van der Waals surface area contributed by atoms with Crippen LogP contribution in [0.4, 0.5) is 0 Å². The molecule has 1 fully saturated rings. The van der Waals surface area contributed by atoms with Crippen LogP contribution in [-0.2, 0) is 9.47 Å². The van der Waals surface area contributed by atoms with Crippen molar-refractivity contribution in [1.82, 2.24) is 0 Å². The Kier molecular flexibility index (Phi) is 1.30. The van der Waals surface area contributed by atoms with Crippen molar-refractivity contribution in [2.45, 2.75) is 19.3 Å². The van der Waals surface area contributed by atoms with Crippen LogP contribution in [0.2, 0.25) is 0 Å². The standard InChI is InChI=1S/C7H10O3/c1-4-2-5(4)6-7(10-6)9-3-8/h2,4,6-8H,3H2,1H3. The number of allylic oxidation sites excluding steroid dienone is 1. The van der Waals surface area contributed by atoms with Gasteiger partial charge in [-0.25, -0.2) is 0 Å². The first-order chi connectivity index (χ1) is 4.83. The van der Waals surface area contributed by atoms with Gasteiger partial charge in [0.15, 0.2) is 6.29 Å². The van der Waals surface area contributed by atoms with Crippen molar-refractivity contribution in [3.63, 3.8) is 0 Å². The second-order valence-electron chi connectivity index (χ2n) is 2.68. The van der Waals surface area contributed by atoms with E-state index in [1.165, 1.54) is 5.57 Å². The zero-order valence-corrected chi connectivity index (χ0v) is 5.78. The first kappa shape index (κ1) is 6.34. The largest absolute Gasteiger partial charge is 0.371 e. The number of hydrogen-bond acceptors (Lipinski definition) is 3. The molecular weight excluding hydrogens is 132 g/mol. The molecule has 3 unspecified atom stereocenters. The number of aliphatic hydroxyl groups excluding tert-OH is 1. The molecule has 3 nitrogen and oxygen atoms in total. The van der Waals surface area contributed by atoms with E-state index in [4.69, 9.17) is 14.6 Å². The summed E-state index contributed by atoms with van der Waals surface area (Å²) in [6.07, 6.45) is 2.13. The summed E-state index contributed by atoms with van der Waals surface area (Å²) in [5.41, 5.74) is 1.32. The molecule has 10 heavy (non-hydrogen) atoms. The lowest BCUT2D eigenvalue weighted by molar-refractivity contribution is -0.0476. The summed E-state index contributed by atoms with van der Waals surface area (Å²) < 4.78 is 9.91. The molecule has 0 bridgehead atoms. The lowest BCUT2D eigenvalue weighted by Crippen LogP contribution is -2.00. The van der Waals surface area contributed by atoms with Crippen molar-refractivity contribution >= 4 is 0 Å². The summed E-state index contributed by atoms with van der Waals surface area (Å²) in [7, 11) is 0. The molecule has 0 saturated carbocycles. The lowest BCUT2D eigenvalue weighted by Gasteiger charge is -1.89. The molecule has 1 heterocycles. The monoisotopic (exact) mass is 142 g/mol. The van der Waals surface area contributed by atoms with Crippen LogP contribution in [0.3, 0.4) is 0 Å². The van der Waals surface area contributed by atoms with Crippen molar-refractivity contribution in [3.05, 3.63) is 11.6 Å². The van der Waals surface area contributed by atoms with Crippen LogP contribution >= 0.6 is 0 Å². The molecule has 0 spiro atoms. The fourth-order valence-electron chi connectivity index (χ4n) is 1.13. The van der Waals surface area contributed by atoms with Gasteiger partial charge in [0.05, 0.1) is 0 Å². The maximum absolute atomic E-state index is 8.34. The van der Waals surface area contributed by atoms with E-state index in [0.29, 0.717) is 5.92 Å². The first-order valence-electron chi connectivity index (χ1n) is 3.42. The Bertz CT molecular complexity index is 176. The van der Waals surface area contributed by atoms with E-state index >= 15 is 0 Å². The summed E-state index contributed by atoms with van der Waals surface area (Å²) >= 11 is 0. The van der Waals surface area contributed by atoms with Gasteiger partial charge < -0.3 is 14.6 Å². The van der Waals surface area contributed by atoms with Gasteiger partial charge in [0, 0.05) is 0 Å². The summed E-state index contributed by atoms with van der Waals surface area (Å²) in [6, 6.07) is 0. The number of ether oxygens (including phenoxy) is 2. The van der Waals surface area contributed by atoms with Gasteiger partial charge in [-0.05, 0) is 11.5 Å². The van der Waals surface area contributed by atoms with Crippen molar-refractivity contribution in [2.24, 2.45) is 5.92 Å². The van der Waals surface area contributed by atoms with Crippen LogP contribution in [-0.4, -0.2) is 24.3 Å². The number of rotatable bonds is 3. The third kappa shape index (κ3) is 0.963. The predicted molar refractivity (Wildman–Crippen MR) is 34.1 cm³/mol. The number of epoxide rings is 1. The zero-order valence-electron chi connectivity index (χ0n) is 5.78. The van der Waals surface area contributed by atoms with Gasteiger partial charge in [0.25, 0.3) is 0 Å².